The molecule has 0 saturated heterocycles. The van der Waals surface area contributed by atoms with Crippen LogP contribution in [0.3, 0.4) is 0 Å². The van der Waals surface area contributed by atoms with Crippen molar-refractivity contribution in [3.8, 4) is 0 Å². The van der Waals surface area contributed by atoms with Crippen LogP contribution in [0.5, 0.6) is 0 Å². The number of nitrogens with zero attached hydrogens (tertiary/aromatic N) is 1. The Labute approximate surface area is 140 Å². The van der Waals surface area contributed by atoms with Crippen molar-refractivity contribution < 1.29 is 14.3 Å². The highest BCUT2D eigenvalue weighted by molar-refractivity contribution is 6.12. The van der Waals surface area contributed by atoms with Crippen LogP contribution in [-0.4, -0.2) is 22.8 Å². The summed E-state index contributed by atoms with van der Waals surface area (Å²) in [7, 11) is 0. The van der Waals surface area contributed by atoms with Crippen molar-refractivity contribution >= 4 is 11.7 Å². The maximum Gasteiger partial charge on any atom is 0.313 e. The molecule has 0 radical (unpaired) electrons. The van der Waals surface area contributed by atoms with Gasteiger partial charge >= 0.3 is 5.97 Å². The predicted molar refractivity (Wildman–Crippen MR) is 91.9 cm³/mol. The highest BCUT2D eigenvalue weighted by atomic mass is 19.1. The fourth-order valence-electron chi connectivity index (χ4n) is 3.51. The highest BCUT2D eigenvalue weighted by Crippen LogP contribution is 2.41. The summed E-state index contributed by atoms with van der Waals surface area (Å²) in [6.07, 6.45) is 0. The number of halogens is 1. The largest absolute Gasteiger partial charge is 0.481 e. The highest BCUT2D eigenvalue weighted by Gasteiger charge is 2.42. The van der Waals surface area contributed by atoms with Gasteiger partial charge in [-0.05, 0) is 36.1 Å². The smallest absolute Gasteiger partial charge is 0.313 e. The number of carbonyl (C=O) groups is 1. The molecule has 0 spiro atoms. The van der Waals surface area contributed by atoms with Crippen molar-refractivity contribution in [1.29, 1.82) is 0 Å². The second-order valence-corrected chi connectivity index (χ2v) is 6.37. The average molecular weight is 325 g/mol. The van der Waals surface area contributed by atoms with Crippen molar-refractivity contribution in [3.05, 3.63) is 71.5 Å². The van der Waals surface area contributed by atoms with E-state index < -0.39 is 11.9 Å². The first-order chi connectivity index (χ1) is 11.5. The van der Waals surface area contributed by atoms with Crippen molar-refractivity contribution in [2.45, 2.75) is 25.8 Å². The van der Waals surface area contributed by atoms with E-state index in [1.54, 1.807) is 12.1 Å². The lowest BCUT2D eigenvalue weighted by atomic mass is 9.69. The Kier molecular flexibility index (Phi) is 4.47. The summed E-state index contributed by atoms with van der Waals surface area (Å²) in [5.41, 5.74) is 2.20. The first-order valence-electron chi connectivity index (χ1n) is 8.10. The normalized spacial score (nSPS) is 26.7. The predicted octanol–water partition coefficient (Wildman–Crippen LogP) is 4.14. The Hall–Kier alpha value is -2.49. The van der Waals surface area contributed by atoms with Gasteiger partial charge in [0, 0.05) is 5.92 Å². The zero-order chi connectivity index (χ0) is 17.3. The number of benzene rings is 2. The van der Waals surface area contributed by atoms with E-state index in [0.717, 1.165) is 5.56 Å². The van der Waals surface area contributed by atoms with Crippen LogP contribution in [0.2, 0.25) is 0 Å². The lowest BCUT2D eigenvalue weighted by Crippen LogP contribution is -2.41. The van der Waals surface area contributed by atoms with Crippen molar-refractivity contribution in [2.75, 3.05) is 0 Å². The van der Waals surface area contributed by atoms with E-state index in [2.05, 4.69) is 4.99 Å². The SMILES string of the molecule is CC1N=C(c2ccc(F)cc2)C(C(=O)O)C(c2ccccc2)C1C. The van der Waals surface area contributed by atoms with Crippen LogP contribution in [0.15, 0.2) is 59.6 Å². The number of hydrogen-bond donors (Lipinski definition) is 1. The first-order valence-corrected chi connectivity index (χ1v) is 8.10. The monoisotopic (exact) mass is 325 g/mol. The van der Waals surface area contributed by atoms with Crippen LogP contribution in [-0.2, 0) is 4.79 Å². The Morgan fingerprint density at radius 1 is 1.04 bits per heavy atom. The van der Waals surface area contributed by atoms with Crippen molar-refractivity contribution in [2.24, 2.45) is 16.8 Å². The Bertz CT molecular complexity index is 755. The average Bonchev–Trinajstić information content (AvgIpc) is 2.58. The summed E-state index contributed by atoms with van der Waals surface area (Å²) in [6, 6.07) is 15.6. The standard InChI is InChI=1S/C20H20FNO2/c1-12-13(2)22-19(15-8-10-16(21)11-9-15)18(20(23)24)17(12)14-6-4-3-5-7-14/h3-13,17-18H,1-2H3,(H,23,24). The molecular formula is C20H20FNO2. The molecule has 3 nitrogen and oxygen atoms in total. The maximum atomic E-state index is 13.2. The second-order valence-electron chi connectivity index (χ2n) is 6.37. The minimum Gasteiger partial charge on any atom is -0.481 e. The summed E-state index contributed by atoms with van der Waals surface area (Å²) < 4.78 is 13.2. The molecule has 0 aliphatic carbocycles. The molecule has 4 unspecified atom stereocenters. The van der Waals surface area contributed by atoms with Gasteiger partial charge in [-0.15, -0.1) is 0 Å². The van der Waals surface area contributed by atoms with Gasteiger partial charge in [0.15, 0.2) is 0 Å². The number of rotatable bonds is 3. The summed E-state index contributed by atoms with van der Waals surface area (Å²) in [6.45, 7) is 4.05. The van der Waals surface area contributed by atoms with E-state index in [1.165, 1.54) is 12.1 Å². The Balaban J connectivity index is 2.12. The second kappa shape index (κ2) is 6.56. The summed E-state index contributed by atoms with van der Waals surface area (Å²) in [4.78, 5) is 16.7. The molecule has 0 saturated carbocycles. The molecule has 24 heavy (non-hydrogen) atoms. The topological polar surface area (TPSA) is 49.7 Å². The molecule has 3 rings (SSSR count). The van der Waals surface area contributed by atoms with Crippen LogP contribution >= 0.6 is 0 Å². The van der Waals surface area contributed by atoms with E-state index in [0.29, 0.717) is 11.3 Å². The molecule has 2 aromatic rings. The van der Waals surface area contributed by atoms with Crippen LogP contribution in [0.4, 0.5) is 4.39 Å². The third-order valence-electron chi connectivity index (χ3n) is 4.91. The minimum absolute atomic E-state index is 0.00846. The van der Waals surface area contributed by atoms with E-state index in [1.807, 2.05) is 44.2 Å². The van der Waals surface area contributed by atoms with Crippen LogP contribution in [0.25, 0.3) is 0 Å². The van der Waals surface area contributed by atoms with Crippen molar-refractivity contribution in [1.82, 2.24) is 0 Å². The first kappa shape index (κ1) is 16.4. The molecule has 1 aliphatic heterocycles. The summed E-state index contributed by atoms with van der Waals surface area (Å²) in [5, 5.41) is 9.91. The molecule has 0 aromatic heterocycles. The fraction of sp³-hybridized carbons (Fsp3) is 0.300. The molecule has 4 heteroatoms. The van der Waals surface area contributed by atoms with Gasteiger partial charge in [0.05, 0.1) is 11.8 Å². The Morgan fingerprint density at radius 3 is 2.25 bits per heavy atom. The lowest BCUT2D eigenvalue weighted by Gasteiger charge is -2.37. The number of aliphatic imine (C=N–C) groups is 1. The van der Waals surface area contributed by atoms with Gasteiger partial charge in [-0.3, -0.25) is 9.79 Å². The van der Waals surface area contributed by atoms with Crippen molar-refractivity contribution in [3.63, 3.8) is 0 Å². The fourth-order valence-corrected chi connectivity index (χ4v) is 3.51. The van der Waals surface area contributed by atoms with E-state index in [-0.39, 0.29) is 23.7 Å². The van der Waals surface area contributed by atoms with Gasteiger partial charge in [-0.1, -0.05) is 49.4 Å². The third-order valence-corrected chi connectivity index (χ3v) is 4.91. The van der Waals surface area contributed by atoms with E-state index >= 15 is 0 Å². The Morgan fingerprint density at radius 2 is 1.67 bits per heavy atom. The zero-order valence-electron chi connectivity index (χ0n) is 13.7. The van der Waals surface area contributed by atoms with Gasteiger partial charge in [0.1, 0.15) is 11.7 Å². The molecule has 124 valence electrons. The van der Waals surface area contributed by atoms with Gasteiger partial charge in [-0.2, -0.15) is 0 Å². The number of hydrogen-bond acceptors (Lipinski definition) is 2. The number of carboxylic acids is 1. The van der Waals surface area contributed by atoms with Crippen LogP contribution in [0.1, 0.15) is 30.9 Å². The van der Waals surface area contributed by atoms with E-state index in [9.17, 15) is 14.3 Å². The van der Waals surface area contributed by atoms with Crippen LogP contribution < -0.4 is 0 Å². The lowest BCUT2D eigenvalue weighted by molar-refractivity contribution is -0.140. The number of aliphatic carboxylic acids is 1. The molecule has 1 heterocycles. The molecule has 4 atom stereocenters. The van der Waals surface area contributed by atoms with Gasteiger partial charge < -0.3 is 5.11 Å². The molecular weight excluding hydrogens is 305 g/mol. The minimum atomic E-state index is -0.898. The number of carboxylic acid groups (broad SMARTS) is 1. The van der Waals surface area contributed by atoms with E-state index in [4.69, 9.17) is 0 Å². The molecule has 0 fully saturated rings. The molecule has 0 bridgehead atoms. The molecule has 1 N–H and O–H groups in total. The third kappa shape index (κ3) is 2.96. The zero-order valence-corrected chi connectivity index (χ0v) is 13.7. The summed E-state index contributed by atoms with van der Waals surface area (Å²) in [5.74, 6) is -2.06. The molecule has 0 amide bonds. The quantitative estimate of drug-likeness (QED) is 0.922. The van der Waals surface area contributed by atoms with Gasteiger partial charge in [0.25, 0.3) is 0 Å². The molecule has 1 aliphatic rings. The molecule has 2 aromatic carbocycles. The van der Waals surface area contributed by atoms with Gasteiger partial charge in [-0.25, -0.2) is 4.39 Å². The maximum absolute atomic E-state index is 13.2. The van der Waals surface area contributed by atoms with Gasteiger partial charge in [0.2, 0.25) is 0 Å². The van der Waals surface area contributed by atoms with Crippen LogP contribution in [0, 0.1) is 17.7 Å². The summed E-state index contributed by atoms with van der Waals surface area (Å²) >= 11 is 0.